The summed E-state index contributed by atoms with van der Waals surface area (Å²) in [5.74, 6) is -1.09. The van der Waals surface area contributed by atoms with Gasteiger partial charge in [-0.3, -0.25) is 14.5 Å². The number of amides is 2. The lowest BCUT2D eigenvalue weighted by Gasteiger charge is -2.11. The Bertz CT molecular complexity index is 350. The van der Waals surface area contributed by atoms with Gasteiger partial charge in [0, 0.05) is 25.0 Å². The second kappa shape index (κ2) is 3.29. The Morgan fingerprint density at radius 2 is 1.69 bits per heavy atom. The Labute approximate surface area is 75.9 Å². The zero-order chi connectivity index (χ0) is 10.1. The van der Waals surface area contributed by atoms with Crippen molar-refractivity contribution in [2.45, 2.75) is 0 Å². The van der Waals surface area contributed by atoms with Crippen LogP contribution >= 0.6 is 0 Å². The van der Waals surface area contributed by atoms with Crippen molar-refractivity contribution in [2.24, 2.45) is 0 Å². The van der Waals surface area contributed by atoms with Crippen LogP contribution in [-0.4, -0.2) is 43.7 Å². The second-order valence-corrected chi connectivity index (χ2v) is 5.05. The highest BCUT2D eigenvalue weighted by molar-refractivity contribution is 7.90. The molecule has 13 heavy (non-hydrogen) atoms. The largest absolute Gasteiger partial charge is 0.274 e. The van der Waals surface area contributed by atoms with Crippen LogP contribution in [0, 0.1) is 0 Å². The fraction of sp³-hybridized carbons (Fsp3) is 0.429. The monoisotopic (exact) mass is 203 g/mol. The van der Waals surface area contributed by atoms with Crippen LogP contribution in [0.1, 0.15) is 0 Å². The summed E-state index contributed by atoms with van der Waals surface area (Å²) in [5.41, 5.74) is 0. The Kier molecular flexibility index (Phi) is 2.51. The molecule has 0 saturated carbocycles. The van der Waals surface area contributed by atoms with Gasteiger partial charge >= 0.3 is 0 Å². The first kappa shape index (κ1) is 9.91. The van der Waals surface area contributed by atoms with Gasteiger partial charge in [0.05, 0.1) is 5.75 Å². The molecule has 2 amide bonds. The van der Waals surface area contributed by atoms with E-state index >= 15 is 0 Å². The van der Waals surface area contributed by atoms with Crippen LogP contribution in [0.15, 0.2) is 12.2 Å². The summed E-state index contributed by atoms with van der Waals surface area (Å²) in [7, 11) is -3.13. The molecule has 1 heterocycles. The van der Waals surface area contributed by atoms with Crippen LogP contribution in [-0.2, 0) is 19.4 Å². The van der Waals surface area contributed by atoms with Crippen LogP contribution in [0.3, 0.4) is 0 Å². The van der Waals surface area contributed by atoms with Gasteiger partial charge < -0.3 is 0 Å². The summed E-state index contributed by atoms with van der Waals surface area (Å²) in [4.78, 5) is 22.8. The van der Waals surface area contributed by atoms with Crippen LogP contribution in [0.2, 0.25) is 0 Å². The first-order valence-corrected chi connectivity index (χ1v) is 5.67. The highest BCUT2D eigenvalue weighted by atomic mass is 32.2. The van der Waals surface area contributed by atoms with E-state index in [1.54, 1.807) is 0 Å². The molecule has 0 unspecified atom stereocenters. The maximum atomic E-state index is 10.9. The molecule has 0 aromatic rings. The molecular formula is C7H9NO4S. The molecule has 0 aromatic carbocycles. The topological polar surface area (TPSA) is 71.5 Å². The van der Waals surface area contributed by atoms with Gasteiger partial charge in [0.2, 0.25) is 0 Å². The average molecular weight is 203 g/mol. The number of nitrogens with zero attached hydrogens (tertiary/aromatic N) is 1. The number of sulfone groups is 1. The average Bonchev–Trinajstić information content (AvgIpc) is 2.27. The van der Waals surface area contributed by atoms with Crippen LogP contribution < -0.4 is 0 Å². The standard InChI is InChI=1S/C7H9NO4S/c1-13(11,12)5-4-8-6(9)2-3-7(8)10/h2-3H,4-5H2,1H3. The smallest absolute Gasteiger partial charge is 0.253 e. The predicted molar refractivity (Wildman–Crippen MR) is 45.6 cm³/mol. The lowest BCUT2D eigenvalue weighted by molar-refractivity contribution is -0.136. The minimum Gasteiger partial charge on any atom is -0.274 e. The summed E-state index contributed by atoms with van der Waals surface area (Å²) < 4.78 is 21.5. The van der Waals surface area contributed by atoms with Crippen molar-refractivity contribution in [1.29, 1.82) is 0 Å². The lowest BCUT2D eigenvalue weighted by Crippen LogP contribution is -2.34. The summed E-state index contributed by atoms with van der Waals surface area (Å²) in [6, 6.07) is 0. The molecule has 0 saturated heterocycles. The van der Waals surface area contributed by atoms with E-state index in [0.717, 1.165) is 23.3 Å². The molecule has 6 heteroatoms. The maximum Gasteiger partial charge on any atom is 0.253 e. The third-order valence-electron chi connectivity index (χ3n) is 1.59. The normalized spacial score (nSPS) is 17.2. The van der Waals surface area contributed by atoms with Gasteiger partial charge in [-0.1, -0.05) is 0 Å². The minimum atomic E-state index is -3.13. The van der Waals surface area contributed by atoms with Crippen molar-refractivity contribution in [3.63, 3.8) is 0 Å². The number of carbonyl (C=O) groups is 2. The van der Waals surface area contributed by atoms with E-state index in [0.29, 0.717) is 0 Å². The van der Waals surface area contributed by atoms with E-state index in [-0.39, 0.29) is 12.3 Å². The van der Waals surface area contributed by atoms with Crippen LogP contribution in [0.5, 0.6) is 0 Å². The first-order valence-electron chi connectivity index (χ1n) is 3.61. The van der Waals surface area contributed by atoms with Gasteiger partial charge in [-0.2, -0.15) is 0 Å². The summed E-state index contributed by atoms with van der Waals surface area (Å²) in [6.45, 7) is -0.0660. The van der Waals surface area contributed by atoms with E-state index in [1.807, 2.05) is 0 Å². The van der Waals surface area contributed by atoms with Gasteiger partial charge in [-0.05, 0) is 0 Å². The molecule has 72 valence electrons. The molecule has 5 nitrogen and oxygen atoms in total. The number of hydrogen-bond acceptors (Lipinski definition) is 4. The molecule has 0 bridgehead atoms. The quantitative estimate of drug-likeness (QED) is 0.549. The van der Waals surface area contributed by atoms with Crippen molar-refractivity contribution in [3.8, 4) is 0 Å². The molecule has 0 radical (unpaired) electrons. The lowest BCUT2D eigenvalue weighted by atomic mass is 10.5. The second-order valence-electron chi connectivity index (χ2n) is 2.79. The number of rotatable bonds is 3. The Morgan fingerprint density at radius 1 is 1.23 bits per heavy atom. The molecule has 0 N–H and O–H groups in total. The number of imide groups is 1. The van der Waals surface area contributed by atoms with E-state index in [4.69, 9.17) is 0 Å². The molecule has 0 aromatic heterocycles. The maximum absolute atomic E-state index is 10.9. The number of carbonyl (C=O) groups excluding carboxylic acids is 2. The van der Waals surface area contributed by atoms with E-state index in [9.17, 15) is 18.0 Å². The van der Waals surface area contributed by atoms with Crippen LogP contribution in [0.4, 0.5) is 0 Å². The molecule has 0 atom stereocenters. The molecular weight excluding hydrogens is 194 g/mol. The minimum absolute atomic E-state index is 0.0660. The van der Waals surface area contributed by atoms with E-state index in [2.05, 4.69) is 0 Å². The molecule has 0 aliphatic carbocycles. The number of hydrogen-bond donors (Lipinski definition) is 0. The summed E-state index contributed by atoms with van der Waals surface area (Å²) >= 11 is 0. The Morgan fingerprint density at radius 3 is 2.08 bits per heavy atom. The summed E-state index contributed by atoms with van der Waals surface area (Å²) in [5, 5.41) is 0. The van der Waals surface area contributed by atoms with Crippen LogP contribution in [0.25, 0.3) is 0 Å². The zero-order valence-corrected chi connectivity index (χ0v) is 7.87. The Hall–Kier alpha value is -1.17. The van der Waals surface area contributed by atoms with E-state index < -0.39 is 21.7 Å². The van der Waals surface area contributed by atoms with Gasteiger partial charge in [0.25, 0.3) is 11.8 Å². The zero-order valence-electron chi connectivity index (χ0n) is 7.06. The van der Waals surface area contributed by atoms with Gasteiger partial charge in [0.15, 0.2) is 0 Å². The molecule has 1 aliphatic heterocycles. The summed E-state index contributed by atoms with van der Waals surface area (Å²) in [6.07, 6.45) is 3.32. The van der Waals surface area contributed by atoms with Crippen molar-refractivity contribution < 1.29 is 18.0 Å². The van der Waals surface area contributed by atoms with Crippen molar-refractivity contribution in [2.75, 3.05) is 18.6 Å². The molecule has 1 aliphatic rings. The Balaban J connectivity index is 2.57. The highest BCUT2D eigenvalue weighted by Crippen LogP contribution is 2.03. The fourth-order valence-electron chi connectivity index (χ4n) is 0.909. The van der Waals surface area contributed by atoms with E-state index in [1.165, 1.54) is 0 Å². The predicted octanol–water partition coefficient (Wildman–Crippen LogP) is -1.04. The molecule has 1 rings (SSSR count). The van der Waals surface area contributed by atoms with Crippen molar-refractivity contribution in [3.05, 3.63) is 12.2 Å². The molecule has 0 fully saturated rings. The van der Waals surface area contributed by atoms with Gasteiger partial charge in [-0.25, -0.2) is 8.42 Å². The highest BCUT2D eigenvalue weighted by Gasteiger charge is 2.23. The van der Waals surface area contributed by atoms with Gasteiger partial charge in [0.1, 0.15) is 9.84 Å². The third-order valence-corrected chi connectivity index (χ3v) is 2.51. The van der Waals surface area contributed by atoms with Crippen molar-refractivity contribution >= 4 is 21.7 Å². The SMILES string of the molecule is CS(=O)(=O)CCN1C(=O)C=CC1=O. The van der Waals surface area contributed by atoms with Crippen molar-refractivity contribution in [1.82, 2.24) is 4.90 Å². The third kappa shape index (κ3) is 2.66. The molecule has 0 spiro atoms. The fourth-order valence-corrected chi connectivity index (χ4v) is 1.42. The van der Waals surface area contributed by atoms with Gasteiger partial charge in [-0.15, -0.1) is 0 Å². The first-order chi connectivity index (χ1) is 5.90.